The lowest BCUT2D eigenvalue weighted by atomic mass is 9.80. The first-order valence-corrected chi connectivity index (χ1v) is 15.1. The van der Waals surface area contributed by atoms with Crippen molar-refractivity contribution in [2.75, 3.05) is 0 Å². The Morgan fingerprint density at radius 3 is 2.27 bits per heavy atom. The molecule has 0 N–H and O–H groups in total. The molecule has 1 aliphatic carbocycles. The van der Waals surface area contributed by atoms with E-state index in [0.29, 0.717) is 6.29 Å². The fourth-order valence-electron chi connectivity index (χ4n) is 4.94. The Hall–Kier alpha value is -1.61. The van der Waals surface area contributed by atoms with Gasteiger partial charge in [0.15, 0.2) is 0 Å². The second kappa shape index (κ2) is 6.95. The number of aryl methyl sites for hydroxylation is 1. The summed E-state index contributed by atoms with van der Waals surface area (Å²) in [5.74, 6) is -1.45. The second-order valence-corrected chi connectivity index (χ2v) is 16.6. The molecule has 0 bridgehead atoms. The molecule has 1 aromatic rings. The molecule has 1 aliphatic heterocycles. The molecule has 3 rings (SSSR count). The summed E-state index contributed by atoms with van der Waals surface area (Å²) in [5, 5.41) is 0. The third-order valence-corrected chi connectivity index (χ3v) is 11.1. The topological polar surface area (TPSA) is 71.5 Å². The van der Waals surface area contributed by atoms with Crippen LogP contribution >= 0.6 is 0 Å². The first kappa shape index (κ1) is 23.1. The number of carbonyl (C=O) groups excluding carboxylic acids is 2. The predicted molar refractivity (Wildman–Crippen MR) is 112 cm³/mol. The van der Waals surface area contributed by atoms with Crippen LogP contribution in [-0.4, -0.2) is 44.1 Å². The summed E-state index contributed by atoms with van der Waals surface area (Å²) < 4.78 is 59.4. The Morgan fingerprint density at radius 1 is 1.23 bits per heavy atom. The smallest absolute Gasteiger partial charge is 0.267 e. The van der Waals surface area contributed by atoms with Gasteiger partial charge in [0.1, 0.15) is 19.8 Å². The van der Waals surface area contributed by atoms with Gasteiger partial charge in [0.25, 0.3) is 10.0 Å². The largest absolute Gasteiger partial charge is 0.303 e. The molecule has 0 aromatic heterocycles. The molecule has 5 nitrogen and oxygen atoms in total. The molecule has 1 saturated carbocycles. The average molecular weight is 458 g/mol. The van der Waals surface area contributed by atoms with E-state index in [1.54, 1.807) is 19.1 Å². The average Bonchev–Trinajstić information content (AvgIpc) is 3.22. The highest BCUT2D eigenvalue weighted by molar-refractivity contribution is 7.89. The predicted octanol–water partition coefficient (Wildman–Crippen LogP) is 4.17. The van der Waals surface area contributed by atoms with Gasteiger partial charge in [0.2, 0.25) is 11.5 Å². The summed E-state index contributed by atoms with van der Waals surface area (Å²) in [5.41, 5.74) is -5.78. The van der Waals surface area contributed by atoms with Crippen molar-refractivity contribution in [2.24, 2.45) is 11.3 Å². The molecule has 166 valence electrons. The van der Waals surface area contributed by atoms with Crippen molar-refractivity contribution in [1.82, 2.24) is 4.31 Å². The fraction of sp³-hybridized carbons (Fsp3) is 0.619. The van der Waals surface area contributed by atoms with Gasteiger partial charge in [-0.15, -0.1) is 0 Å². The van der Waals surface area contributed by atoms with Crippen molar-refractivity contribution in [3.05, 3.63) is 29.8 Å². The van der Waals surface area contributed by atoms with Crippen LogP contribution in [0.15, 0.2) is 29.2 Å². The maximum atomic E-state index is 15.8. The van der Waals surface area contributed by atoms with Crippen LogP contribution in [0.2, 0.25) is 19.6 Å². The maximum Gasteiger partial charge on any atom is 0.267 e. The molecule has 30 heavy (non-hydrogen) atoms. The monoisotopic (exact) mass is 457 g/mol. The van der Waals surface area contributed by atoms with Gasteiger partial charge in [-0.05, 0) is 44.2 Å². The normalized spacial score (nSPS) is 29.5. The zero-order valence-corrected chi connectivity index (χ0v) is 19.9. The number of amides is 1. The van der Waals surface area contributed by atoms with E-state index in [0.717, 1.165) is 9.87 Å². The third kappa shape index (κ3) is 2.99. The SMILES string of the molecule is CCC1(C(F)(F)[Si](C)(C)C)CC2(C[C@H]2CC=O)N(S(=O)(=O)c2ccc(C)cc2)C1=O. The van der Waals surface area contributed by atoms with Crippen LogP contribution in [0.25, 0.3) is 0 Å². The third-order valence-electron chi connectivity index (χ3n) is 6.89. The van der Waals surface area contributed by atoms with Crippen LogP contribution in [0, 0.1) is 18.3 Å². The molecule has 1 aromatic carbocycles. The molecular weight excluding hydrogens is 428 g/mol. The standard InChI is InChI=1S/C21H29F2NO4SSi/c1-6-19(21(22,23)30(3,4)5)14-20(13-16(20)11-12-25)24(18(19)26)29(27,28)17-9-7-15(2)8-10-17/h7-10,12,16H,6,11,13-14H2,1-5H3/t16-,19?,20?/m1/s1. The summed E-state index contributed by atoms with van der Waals surface area (Å²) in [6.45, 7) is 7.82. The summed E-state index contributed by atoms with van der Waals surface area (Å²) >= 11 is 0. The van der Waals surface area contributed by atoms with Gasteiger partial charge < -0.3 is 4.79 Å². The van der Waals surface area contributed by atoms with E-state index in [1.165, 1.54) is 38.7 Å². The van der Waals surface area contributed by atoms with E-state index >= 15 is 8.78 Å². The number of carbonyl (C=O) groups is 2. The lowest BCUT2D eigenvalue weighted by molar-refractivity contribution is -0.146. The Bertz CT molecular complexity index is 974. The van der Waals surface area contributed by atoms with Crippen LogP contribution in [0.4, 0.5) is 8.78 Å². The van der Waals surface area contributed by atoms with Gasteiger partial charge in [0.05, 0.1) is 10.4 Å². The molecule has 3 atom stereocenters. The number of sulfonamides is 1. The molecular formula is C21H29F2NO4SSi. The Kier molecular flexibility index (Phi) is 5.34. The highest BCUT2D eigenvalue weighted by Crippen LogP contribution is 2.67. The Morgan fingerprint density at radius 2 is 1.80 bits per heavy atom. The summed E-state index contributed by atoms with van der Waals surface area (Å²) in [6, 6.07) is 6.01. The number of hydrogen-bond acceptors (Lipinski definition) is 4. The van der Waals surface area contributed by atoms with E-state index in [-0.39, 0.29) is 30.6 Å². The van der Waals surface area contributed by atoms with Crippen LogP contribution in [0.1, 0.15) is 38.2 Å². The number of halogens is 2. The minimum Gasteiger partial charge on any atom is -0.303 e. The number of nitrogens with zero attached hydrogens (tertiary/aromatic N) is 1. The quantitative estimate of drug-likeness (QED) is 0.455. The van der Waals surface area contributed by atoms with Crippen molar-refractivity contribution >= 4 is 30.3 Å². The lowest BCUT2D eigenvalue weighted by Gasteiger charge is -2.41. The van der Waals surface area contributed by atoms with E-state index in [4.69, 9.17) is 0 Å². The van der Waals surface area contributed by atoms with Crippen molar-refractivity contribution in [3.63, 3.8) is 0 Å². The lowest BCUT2D eigenvalue weighted by Crippen LogP contribution is -2.60. The van der Waals surface area contributed by atoms with Crippen LogP contribution < -0.4 is 0 Å². The second-order valence-electron chi connectivity index (χ2n) is 9.73. The fourth-order valence-corrected chi connectivity index (χ4v) is 8.60. The van der Waals surface area contributed by atoms with E-state index < -0.39 is 46.4 Å². The zero-order valence-electron chi connectivity index (χ0n) is 18.0. The molecule has 1 heterocycles. The van der Waals surface area contributed by atoms with Crippen molar-refractivity contribution < 1.29 is 26.8 Å². The minimum absolute atomic E-state index is 0.0471. The molecule has 0 radical (unpaired) electrons. The van der Waals surface area contributed by atoms with Crippen LogP contribution in [0.3, 0.4) is 0 Å². The number of hydrogen-bond donors (Lipinski definition) is 0. The first-order valence-electron chi connectivity index (χ1n) is 10.2. The number of aldehydes is 1. The number of alkyl halides is 2. The van der Waals surface area contributed by atoms with E-state index in [2.05, 4.69) is 0 Å². The maximum absolute atomic E-state index is 15.8. The highest BCUT2D eigenvalue weighted by atomic mass is 32.2. The summed E-state index contributed by atoms with van der Waals surface area (Å²) in [7, 11) is -7.52. The van der Waals surface area contributed by atoms with E-state index in [9.17, 15) is 18.0 Å². The van der Waals surface area contributed by atoms with Crippen molar-refractivity contribution in [3.8, 4) is 0 Å². The summed E-state index contributed by atoms with van der Waals surface area (Å²) in [6.07, 6.45) is 0.565. The first-order chi connectivity index (χ1) is 13.7. The molecule has 2 aliphatic rings. The molecule has 1 saturated heterocycles. The van der Waals surface area contributed by atoms with Crippen molar-refractivity contribution in [1.29, 1.82) is 0 Å². The minimum atomic E-state index is -4.34. The van der Waals surface area contributed by atoms with Crippen LogP contribution in [-0.2, 0) is 19.6 Å². The Labute approximate surface area is 177 Å². The van der Waals surface area contributed by atoms with E-state index in [1.807, 2.05) is 0 Å². The molecule has 1 amide bonds. The van der Waals surface area contributed by atoms with Gasteiger partial charge in [-0.3, -0.25) is 4.79 Å². The van der Waals surface area contributed by atoms with Crippen LogP contribution in [0.5, 0.6) is 0 Å². The van der Waals surface area contributed by atoms with Gasteiger partial charge in [-0.25, -0.2) is 21.5 Å². The molecule has 2 fully saturated rings. The van der Waals surface area contributed by atoms with Gasteiger partial charge >= 0.3 is 0 Å². The number of rotatable bonds is 7. The van der Waals surface area contributed by atoms with Crippen molar-refractivity contribution in [2.45, 2.75) is 75.2 Å². The van der Waals surface area contributed by atoms with Gasteiger partial charge in [-0.1, -0.05) is 44.3 Å². The molecule has 1 spiro atoms. The molecule has 2 unspecified atom stereocenters. The highest BCUT2D eigenvalue weighted by Gasteiger charge is 2.79. The zero-order chi connectivity index (χ0) is 22.8. The van der Waals surface area contributed by atoms with Gasteiger partial charge in [0, 0.05) is 6.42 Å². The summed E-state index contributed by atoms with van der Waals surface area (Å²) in [4.78, 5) is 24.7. The number of benzene rings is 1. The molecule has 9 heteroatoms. The Balaban J connectivity index is 2.20. The van der Waals surface area contributed by atoms with Gasteiger partial charge in [-0.2, -0.15) is 0 Å².